The molecule has 2 aliphatic carbocycles. The molecule has 0 aliphatic heterocycles. The van der Waals surface area contributed by atoms with Crippen molar-refractivity contribution in [2.24, 2.45) is 11.8 Å². The van der Waals surface area contributed by atoms with Crippen molar-refractivity contribution in [3.8, 4) is 0 Å². The van der Waals surface area contributed by atoms with E-state index in [4.69, 9.17) is 9.40 Å². The summed E-state index contributed by atoms with van der Waals surface area (Å²) >= 11 is 0. The summed E-state index contributed by atoms with van der Waals surface area (Å²) in [7, 11) is 0. The molecule has 1 atom stereocenters. The lowest BCUT2D eigenvalue weighted by atomic mass is 10.00. The summed E-state index contributed by atoms with van der Waals surface area (Å²) in [6, 6.07) is 3.61. The fourth-order valence-corrected chi connectivity index (χ4v) is 5.93. The monoisotopic (exact) mass is 607 g/mol. The van der Waals surface area contributed by atoms with Gasteiger partial charge in [-0.05, 0) is 73.1 Å². The maximum Gasteiger partial charge on any atom is 0.416 e. The zero-order chi connectivity index (χ0) is 30.9. The van der Waals surface area contributed by atoms with Crippen molar-refractivity contribution in [2.75, 3.05) is 22.9 Å². The Morgan fingerprint density at radius 2 is 1.58 bits per heavy atom. The predicted molar refractivity (Wildman–Crippen MR) is 151 cm³/mol. The van der Waals surface area contributed by atoms with Crippen LogP contribution in [0.3, 0.4) is 0 Å². The molecule has 0 radical (unpaired) electrons. The molecule has 1 aromatic carbocycles. The number of pyridine rings is 1. The highest BCUT2D eigenvalue weighted by Crippen LogP contribution is 2.37. The summed E-state index contributed by atoms with van der Waals surface area (Å²) in [6.45, 7) is 7.01. The molecule has 3 aromatic rings. The van der Waals surface area contributed by atoms with Crippen molar-refractivity contribution in [3.63, 3.8) is 0 Å². The van der Waals surface area contributed by atoms with Gasteiger partial charge in [-0.2, -0.15) is 26.3 Å². The van der Waals surface area contributed by atoms with Gasteiger partial charge < -0.3 is 14.2 Å². The molecule has 43 heavy (non-hydrogen) atoms. The zero-order valence-electron chi connectivity index (χ0n) is 24.4. The highest BCUT2D eigenvalue weighted by Gasteiger charge is 2.37. The Bertz CT molecular complexity index is 1530. The van der Waals surface area contributed by atoms with Crippen LogP contribution in [0.1, 0.15) is 74.1 Å². The average molecular weight is 608 g/mol. The molecule has 1 fully saturated rings. The Morgan fingerprint density at radius 1 is 0.907 bits per heavy atom. The van der Waals surface area contributed by atoms with E-state index in [-0.39, 0.29) is 36.6 Å². The van der Waals surface area contributed by atoms with Gasteiger partial charge in [0.25, 0.3) is 0 Å². The molecule has 1 saturated carbocycles. The van der Waals surface area contributed by atoms with Gasteiger partial charge in [0.2, 0.25) is 5.89 Å². The minimum absolute atomic E-state index is 0.00449. The van der Waals surface area contributed by atoms with Crippen molar-refractivity contribution in [1.82, 2.24) is 15.2 Å². The van der Waals surface area contributed by atoms with Crippen molar-refractivity contribution in [2.45, 2.75) is 78.3 Å². The molecule has 0 bridgehead atoms. The van der Waals surface area contributed by atoms with Gasteiger partial charge in [0.15, 0.2) is 0 Å². The van der Waals surface area contributed by atoms with Crippen molar-refractivity contribution in [3.05, 3.63) is 63.0 Å². The van der Waals surface area contributed by atoms with Crippen molar-refractivity contribution in [1.29, 1.82) is 0 Å². The molecule has 2 aromatic heterocycles. The lowest BCUT2D eigenvalue weighted by molar-refractivity contribution is -0.143. The van der Waals surface area contributed by atoms with Gasteiger partial charge in [0.1, 0.15) is 5.82 Å². The number of aryl methyl sites for hydroxylation is 1. The summed E-state index contributed by atoms with van der Waals surface area (Å²) in [5, 5.41) is 9.75. The molecule has 0 N–H and O–H groups in total. The number of rotatable bonds is 9. The van der Waals surface area contributed by atoms with Gasteiger partial charge in [-0.25, -0.2) is 4.98 Å². The van der Waals surface area contributed by atoms with Gasteiger partial charge in [-0.3, -0.25) is 0 Å². The summed E-state index contributed by atoms with van der Waals surface area (Å²) in [6.07, 6.45) is -0.183. The molecule has 2 aliphatic rings. The normalized spacial score (nSPS) is 17.4. The van der Waals surface area contributed by atoms with E-state index in [0.717, 1.165) is 59.9 Å². The average Bonchev–Trinajstić information content (AvgIpc) is 3.62. The fourth-order valence-electron chi connectivity index (χ4n) is 5.93. The van der Waals surface area contributed by atoms with E-state index in [0.29, 0.717) is 18.4 Å². The minimum Gasteiger partial charge on any atom is -0.408 e. The Balaban J connectivity index is 1.59. The van der Waals surface area contributed by atoms with Crippen molar-refractivity contribution < 1.29 is 30.8 Å². The number of fused-ring (bicyclic) bond motifs is 1. The first-order valence-corrected chi connectivity index (χ1v) is 14.6. The first-order chi connectivity index (χ1) is 20.3. The Hall–Kier alpha value is -3.57. The number of hydrogen-bond acceptors (Lipinski definition) is 6. The number of halogens is 6. The van der Waals surface area contributed by atoms with Gasteiger partial charge >= 0.3 is 18.4 Å². The summed E-state index contributed by atoms with van der Waals surface area (Å²) in [4.78, 5) is 8.82. The molecule has 1 unspecified atom stereocenters. The Labute approximate surface area is 246 Å². The zero-order valence-corrected chi connectivity index (χ0v) is 24.4. The topological polar surface area (TPSA) is 58.3 Å². The van der Waals surface area contributed by atoms with Gasteiger partial charge in [-0.1, -0.05) is 37.0 Å². The summed E-state index contributed by atoms with van der Waals surface area (Å²) < 4.78 is 87.5. The van der Waals surface area contributed by atoms with Crippen LogP contribution in [0, 0.1) is 18.8 Å². The molecular weight excluding hydrogens is 572 g/mol. The predicted octanol–water partition coefficient (Wildman–Crippen LogP) is 6.63. The Kier molecular flexibility index (Phi) is 8.76. The summed E-state index contributed by atoms with van der Waals surface area (Å²) in [5.74, 6) is 1.82. The van der Waals surface area contributed by atoms with E-state index in [1.165, 1.54) is 17.7 Å². The van der Waals surface area contributed by atoms with Crippen LogP contribution in [0.4, 0.5) is 38.2 Å². The summed E-state index contributed by atoms with van der Waals surface area (Å²) in [5.41, 5.74) is -2.15. The van der Waals surface area contributed by atoms with Gasteiger partial charge in [0.05, 0.1) is 23.0 Å². The first-order valence-electron chi connectivity index (χ1n) is 14.6. The molecule has 5 rings (SSSR count). The van der Waals surface area contributed by atoms with Crippen LogP contribution in [-0.4, -0.2) is 28.3 Å². The Morgan fingerprint density at radius 3 is 2.16 bits per heavy atom. The molecule has 6 nitrogen and oxygen atoms in total. The number of benzene rings is 1. The van der Waals surface area contributed by atoms with Crippen LogP contribution < -0.4 is 20.4 Å². The minimum atomic E-state index is -4.96. The first kappa shape index (κ1) is 30.9. The van der Waals surface area contributed by atoms with E-state index in [1.807, 2.05) is 6.07 Å². The SMILES string of the molecule is CCN(CC1CCCC1)c1nc2c(cc1CN(Cc1cc(C(F)(F)F)cc(C(F)(F)F)c1)c1nnc(C)o1)=CCC(C)C=2. The third-order valence-corrected chi connectivity index (χ3v) is 8.09. The number of nitrogens with zero attached hydrogens (tertiary/aromatic N) is 5. The molecule has 0 spiro atoms. The highest BCUT2D eigenvalue weighted by molar-refractivity contribution is 5.52. The van der Waals surface area contributed by atoms with Crippen LogP contribution in [-0.2, 0) is 25.4 Å². The number of aromatic nitrogens is 3. The second-order valence-electron chi connectivity index (χ2n) is 11.6. The van der Waals surface area contributed by atoms with E-state index >= 15 is 0 Å². The largest absolute Gasteiger partial charge is 0.416 e. The molecule has 0 amide bonds. The fraction of sp³-hybridized carbons (Fsp3) is 0.516. The molecule has 0 saturated heterocycles. The molecule has 2 heterocycles. The lowest BCUT2D eigenvalue weighted by Crippen LogP contribution is -2.39. The van der Waals surface area contributed by atoms with E-state index < -0.39 is 23.5 Å². The van der Waals surface area contributed by atoms with Crippen LogP contribution in [0.25, 0.3) is 12.2 Å². The quantitative estimate of drug-likeness (QED) is 0.255. The number of hydrogen-bond donors (Lipinski definition) is 0. The van der Waals surface area contributed by atoms with Crippen LogP contribution in [0.15, 0.2) is 28.7 Å². The van der Waals surface area contributed by atoms with Crippen LogP contribution >= 0.6 is 0 Å². The number of anilines is 2. The van der Waals surface area contributed by atoms with Gasteiger partial charge in [0, 0.05) is 32.1 Å². The van der Waals surface area contributed by atoms with Crippen LogP contribution in [0.5, 0.6) is 0 Å². The van der Waals surface area contributed by atoms with Gasteiger partial charge in [-0.15, -0.1) is 5.10 Å². The standard InChI is InChI=1S/C31H35F6N5O/c1-4-41(16-21-7-5-6-8-21)28-24(14-23-10-9-19(2)11-27(23)38-28)18-42(29-40-39-20(3)43-29)17-22-12-25(30(32,33)34)15-26(13-22)31(35,36)37/h10-15,19,21H,4-9,16-18H2,1-3H3. The highest BCUT2D eigenvalue weighted by atomic mass is 19.4. The maximum absolute atomic E-state index is 13.6. The van der Waals surface area contributed by atoms with Crippen molar-refractivity contribution >= 4 is 24.0 Å². The smallest absolute Gasteiger partial charge is 0.408 e. The third kappa shape index (κ3) is 7.33. The lowest BCUT2D eigenvalue weighted by Gasteiger charge is -2.30. The maximum atomic E-state index is 13.6. The van der Waals surface area contributed by atoms with E-state index in [9.17, 15) is 26.3 Å². The molecular formula is C31H35F6N5O. The molecule has 12 heteroatoms. The van der Waals surface area contributed by atoms with E-state index in [2.05, 4.69) is 41.1 Å². The van der Waals surface area contributed by atoms with E-state index in [1.54, 1.807) is 6.92 Å². The second-order valence-corrected chi connectivity index (χ2v) is 11.6. The van der Waals surface area contributed by atoms with Crippen LogP contribution in [0.2, 0.25) is 0 Å². The second kappa shape index (κ2) is 12.2. The molecule has 232 valence electrons. The third-order valence-electron chi connectivity index (χ3n) is 8.09. The number of alkyl halides is 6.